The van der Waals surface area contributed by atoms with Crippen molar-refractivity contribution < 1.29 is 4.42 Å². The molecule has 0 spiro atoms. The summed E-state index contributed by atoms with van der Waals surface area (Å²) in [6.07, 6.45) is 0. The predicted molar refractivity (Wildman–Crippen MR) is 124 cm³/mol. The minimum absolute atomic E-state index is 0.0413. The Kier molecular flexibility index (Phi) is 5.28. The molecule has 3 heteroatoms. The first-order chi connectivity index (χ1) is 14.4. The average molecular weight is 396 g/mol. The van der Waals surface area contributed by atoms with E-state index in [0.717, 1.165) is 22.6 Å². The predicted octanol–water partition coefficient (Wildman–Crippen LogP) is 7.07. The molecule has 3 nitrogen and oxygen atoms in total. The molecular weight excluding hydrogens is 370 g/mol. The number of rotatable bonds is 4. The molecule has 30 heavy (non-hydrogen) atoms. The molecule has 1 heterocycles. The van der Waals surface area contributed by atoms with E-state index >= 15 is 0 Å². The van der Waals surface area contributed by atoms with Gasteiger partial charge in [-0.1, -0.05) is 57.2 Å². The van der Waals surface area contributed by atoms with Crippen LogP contribution in [0.15, 0.2) is 106 Å². The molecule has 0 aliphatic rings. The van der Waals surface area contributed by atoms with Crippen molar-refractivity contribution in [3.63, 3.8) is 0 Å². The highest BCUT2D eigenvalue weighted by molar-refractivity contribution is 5.77. The van der Waals surface area contributed by atoms with Crippen LogP contribution in [0.2, 0.25) is 0 Å². The first kappa shape index (κ1) is 19.7. The van der Waals surface area contributed by atoms with Crippen LogP contribution in [0, 0.1) is 0 Å². The highest BCUT2D eigenvalue weighted by Gasteiger charge is 2.19. The van der Waals surface area contributed by atoms with Gasteiger partial charge in [0.25, 0.3) is 0 Å². The molecule has 0 saturated heterocycles. The van der Waals surface area contributed by atoms with Gasteiger partial charge in [0.05, 0.1) is 0 Å². The molecule has 0 atom stereocenters. The van der Waals surface area contributed by atoms with Crippen LogP contribution in [0.3, 0.4) is 0 Å². The molecule has 4 rings (SSSR count). The maximum atomic E-state index is 12.2. The van der Waals surface area contributed by atoms with Gasteiger partial charge in [-0.05, 0) is 48.5 Å². The lowest BCUT2D eigenvalue weighted by Gasteiger charge is -2.25. The Hall–Kier alpha value is -3.59. The van der Waals surface area contributed by atoms with Crippen molar-refractivity contribution in [3.8, 4) is 11.3 Å². The van der Waals surface area contributed by atoms with Crippen LogP contribution in [0.5, 0.6) is 0 Å². The van der Waals surface area contributed by atoms with E-state index in [1.54, 1.807) is 12.1 Å². The molecule has 4 aromatic rings. The fourth-order valence-corrected chi connectivity index (χ4v) is 3.37. The minimum atomic E-state index is -0.230. The van der Waals surface area contributed by atoms with Gasteiger partial charge in [-0.15, -0.1) is 0 Å². The van der Waals surface area contributed by atoms with E-state index in [4.69, 9.17) is 4.42 Å². The lowest BCUT2D eigenvalue weighted by atomic mass is 9.93. The molecule has 0 aliphatic heterocycles. The van der Waals surface area contributed by atoms with Gasteiger partial charge in [0.2, 0.25) is 0 Å². The van der Waals surface area contributed by atoms with Gasteiger partial charge >= 0.3 is 0 Å². The summed E-state index contributed by atoms with van der Waals surface area (Å²) in [7, 11) is 0. The van der Waals surface area contributed by atoms with Gasteiger partial charge in [0, 0.05) is 40.2 Å². The Labute approximate surface area is 177 Å². The number of hydrogen-bond acceptors (Lipinski definition) is 3. The molecule has 0 radical (unpaired) electrons. The van der Waals surface area contributed by atoms with Gasteiger partial charge in [-0.3, -0.25) is 4.79 Å². The molecule has 3 aromatic carbocycles. The molecule has 0 aliphatic carbocycles. The zero-order chi connectivity index (χ0) is 21.1. The zero-order valence-electron chi connectivity index (χ0n) is 17.5. The Morgan fingerprint density at radius 1 is 0.667 bits per heavy atom. The topological polar surface area (TPSA) is 33.5 Å². The van der Waals surface area contributed by atoms with Crippen LogP contribution in [0.1, 0.15) is 26.5 Å². The molecule has 0 fully saturated rings. The second-order valence-electron chi connectivity index (χ2n) is 8.32. The van der Waals surface area contributed by atoms with Crippen molar-refractivity contribution in [2.24, 2.45) is 0 Å². The number of nitrogens with zero attached hydrogens (tertiary/aromatic N) is 1. The number of benzene rings is 3. The molecule has 1 aromatic heterocycles. The summed E-state index contributed by atoms with van der Waals surface area (Å²) in [6, 6.07) is 31.8. The minimum Gasteiger partial charge on any atom is -0.460 e. The second kappa shape index (κ2) is 8.03. The van der Waals surface area contributed by atoms with Crippen molar-refractivity contribution >= 4 is 17.1 Å². The lowest BCUT2D eigenvalue weighted by Crippen LogP contribution is -2.14. The van der Waals surface area contributed by atoms with Crippen LogP contribution in [0.25, 0.3) is 11.3 Å². The molecule has 0 amide bonds. The van der Waals surface area contributed by atoms with Gasteiger partial charge in [-0.25, -0.2) is 0 Å². The molecule has 0 bridgehead atoms. The van der Waals surface area contributed by atoms with E-state index in [9.17, 15) is 4.79 Å². The summed E-state index contributed by atoms with van der Waals surface area (Å²) < 4.78 is 6.06. The summed E-state index contributed by atoms with van der Waals surface area (Å²) in [6.45, 7) is 6.11. The smallest absolute Gasteiger partial charge is 0.185 e. The quantitative estimate of drug-likeness (QED) is 0.370. The van der Waals surface area contributed by atoms with E-state index < -0.39 is 0 Å². The van der Waals surface area contributed by atoms with Crippen LogP contribution in [-0.4, -0.2) is 0 Å². The number of anilines is 3. The van der Waals surface area contributed by atoms with Gasteiger partial charge in [-0.2, -0.15) is 0 Å². The Morgan fingerprint density at radius 3 is 1.67 bits per heavy atom. The fraction of sp³-hybridized carbons (Fsp3) is 0.148. The van der Waals surface area contributed by atoms with Gasteiger partial charge in [0.15, 0.2) is 5.43 Å². The Balaban J connectivity index is 1.75. The molecule has 0 saturated carbocycles. The van der Waals surface area contributed by atoms with E-state index in [-0.39, 0.29) is 10.8 Å². The second-order valence-corrected chi connectivity index (χ2v) is 8.32. The Bertz CT molecular complexity index is 1130. The number of para-hydroxylation sites is 2. The average Bonchev–Trinajstić information content (AvgIpc) is 2.75. The van der Waals surface area contributed by atoms with E-state index in [0.29, 0.717) is 11.5 Å². The normalized spacial score (nSPS) is 11.3. The third-order valence-electron chi connectivity index (χ3n) is 4.94. The van der Waals surface area contributed by atoms with Gasteiger partial charge < -0.3 is 9.32 Å². The summed E-state index contributed by atoms with van der Waals surface area (Å²) in [5.74, 6) is 1.27. The third-order valence-corrected chi connectivity index (χ3v) is 4.94. The highest BCUT2D eigenvalue weighted by atomic mass is 16.3. The van der Waals surface area contributed by atoms with Crippen molar-refractivity contribution in [2.45, 2.75) is 26.2 Å². The van der Waals surface area contributed by atoms with Crippen LogP contribution < -0.4 is 10.3 Å². The summed E-state index contributed by atoms with van der Waals surface area (Å²) in [5.41, 5.74) is 3.80. The van der Waals surface area contributed by atoms with Crippen molar-refractivity contribution in [1.82, 2.24) is 0 Å². The van der Waals surface area contributed by atoms with Crippen LogP contribution >= 0.6 is 0 Å². The van der Waals surface area contributed by atoms with E-state index in [1.807, 2.05) is 69.3 Å². The lowest BCUT2D eigenvalue weighted by molar-refractivity contribution is 0.404. The number of hydrogen-bond donors (Lipinski definition) is 0. The van der Waals surface area contributed by atoms with E-state index in [2.05, 4.69) is 41.3 Å². The molecular formula is C27H25NO2. The van der Waals surface area contributed by atoms with Crippen molar-refractivity contribution in [3.05, 3.63) is 113 Å². The highest BCUT2D eigenvalue weighted by Crippen LogP contribution is 2.35. The summed E-state index contributed by atoms with van der Waals surface area (Å²) in [5, 5.41) is 0. The largest absolute Gasteiger partial charge is 0.460 e. The maximum Gasteiger partial charge on any atom is 0.185 e. The van der Waals surface area contributed by atoms with Crippen molar-refractivity contribution in [2.75, 3.05) is 4.90 Å². The van der Waals surface area contributed by atoms with Crippen LogP contribution in [-0.2, 0) is 5.41 Å². The van der Waals surface area contributed by atoms with Gasteiger partial charge in [0.1, 0.15) is 11.5 Å². The fourth-order valence-electron chi connectivity index (χ4n) is 3.37. The summed E-state index contributed by atoms with van der Waals surface area (Å²) in [4.78, 5) is 14.4. The van der Waals surface area contributed by atoms with Crippen LogP contribution in [0.4, 0.5) is 17.1 Å². The zero-order valence-corrected chi connectivity index (χ0v) is 17.5. The summed E-state index contributed by atoms with van der Waals surface area (Å²) >= 11 is 0. The molecule has 150 valence electrons. The van der Waals surface area contributed by atoms with Crippen molar-refractivity contribution in [1.29, 1.82) is 0 Å². The standard InChI is InChI=1S/C27H25NO2/c1-27(2,3)26-19-24(29)18-25(30-26)20-14-16-23(17-15-20)28(21-10-6-4-7-11-21)22-12-8-5-9-13-22/h4-19H,1-3H3. The first-order valence-corrected chi connectivity index (χ1v) is 10.1. The molecule has 0 N–H and O–H groups in total. The Morgan fingerprint density at radius 2 is 1.17 bits per heavy atom. The maximum absolute atomic E-state index is 12.2. The molecule has 0 unspecified atom stereocenters. The van der Waals surface area contributed by atoms with E-state index in [1.165, 1.54) is 0 Å². The first-order valence-electron chi connectivity index (χ1n) is 10.1. The third kappa shape index (κ3) is 4.20. The monoisotopic (exact) mass is 395 g/mol. The SMILES string of the molecule is CC(C)(C)c1cc(=O)cc(-c2ccc(N(c3ccccc3)c3ccccc3)cc2)o1.